The molecule has 1 rings (SSSR count). The number of carboxylic acids is 1. The smallest absolute Gasteiger partial charge is 0.360 e. The number of carboxylic acid groups (broad SMARTS) is 1. The summed E-state index contributed by atoms with van der Waals surface area (Å²) in [6.45, 7) is 1.07. The molecule has 8 nitrogen and oxygen atoms in total. The molecule has 96 valence electrons. The fourth-order valence-corrected chi connectivity index (χ4v) is 1.67. The standard InChI is InChI=1S/C8H6ClN3O5S/c1-3(13)17-12-5(6(14)15)4-2-18-8(10-4)11-7(9)16/h2H,1H3,(H,14,15)(H,10,11,16)/b12-5+. The van der Waals surface area contributed by atoms with Crippen LogP contribution in [0.5, 0.6) is 0 Å². The van der Waals surface area contributed by atoms with Gasteiger partial charge in [0.25, 0.3) is 0 Å². The van der Waals surface area contributed by atoms with Crippen LogP contribution in [0.1, 0.15) is 12.6 Å². The number of anilines is 1. The number of carbonyl (C=O) groups is 3. The average Bonchev–Trinajstić information content (AvgIpc) is 2.64. The Balaban J connectivity index is 2.96. The molecular formula is C8H6ClN3O5S. The Kier molecular flexibility index (Phi) is 4.75. The first-order valence-electron chi connectivity index (χ1n) is 4.31. The molecule has 0 unspecified atom stereocenters. The van der Waals surface area contributed by atoms with E-state index >= 15 is 0 Å². The summed E-state index contributed by atoms with van der Waals surface area (Å²) < 4.78 is 0. The molecular weight excluding hydrogens is 286 g/mol. The van der Waals surface area contributed by atoms with E-state index in [9.17, 15) is 14.4 Å². The predicted molar refractivity (Wildman–Crippen MR) is 62.9 cm³/mol. The second kappa shape index (κ2) is 6.07. The van der Waals surface area contributed by atoms with Gasteiger partial charge >= 0.3 is 17.3 Å². The van der Waals surface area contributed by atoms with Gasteiger partial charge in [0.05, 0.1) is 0 Å². The molecule has 0 aliphatic rings. The first-order valence-corrected chi connectivity index (χ1v) is 5.57. The quantitative estimate of drug-likeness (QED) is 0.283. The highest BCUT2D eigenvalue weighted by Crippen LogP contribution is 2.17. The van der Waals surface area contributed by atoms with E-state index < -0.39 is 23.0 Å². The topological polar surface area (TPSA) is 118 Å². The maximum atomic E-state index is 10.9. The van der Waals surface area contributed by atoms with E-state index in [1.165, 1.54) is 5.38 Å². The predicted octanol–water partition coefficient (Wildman–Crippen LogP) is 1.27. The Morgan fingerprint density at radius 3 is 2.72 bits per heavy atom. The first-order chi connectivity index (χ1) is 8.40. The molecule has 0 saturated carbocycles. The van der Waals surface area contributed by atoms with Crippen LogP contribution in [0, 0.1) is 0 Å². The van der Waals surface area contributed by atoms with E-state index in [1.54, 1.807) is 0 Å². The molecule has 0 fully saturated rings. The largest absolute Gasteiger partial charge is 0.476 e. The summed E-state index contributed by atoms with van der Waals surface area (Å²) in [7, 11) is 0. The molecule has 0 aliphatic heterocycles. The number of aromatic nitrogens is 1. The van der Waals surface area contributed by atoms with Crippen LogP contribution < -0.4 is 5.32 Å². The summed E-state index contributed by atoms with van der Waals surface area (Å²) in [5.41, 5.74) is -0.620. The van der Waals surface area contributed by atoms with Crippen LogP contribution >= 0.6 is 22.9 Å². The van der Waals surface area contributed by atoms with Crippen molar-refractivity contribution in [2.75, 3.05) is 5.32 Å². The van der Waals surface area contributed by atoms with Gasteiger partial charge in [-0.25, -0.2) is 14.6 Å². The molecule has 0 bridgehead atoms. The fourth-order valence-electron chi connectivity index (χ4n) is 0.829. The maximum Gasteiger partial charge on any atom is 0.360 e. The van der Waals surface area contributed by atoms with E-state index in [2.05, 4.69) is 20.3 Å². The number of amides is 1. The van der Waals surface area contributed by atoms with Gasteiger partial charge in [0, 0.05) is 12.3 Å². The van der Waals surface area contributed by atoms with Crippen molar-refractivity contribution in [3.05, 3.63) is 11.1 Å². The number of thiazole rings is 1. The van der Waals surface area contributed by atoms with E-state index in [-0.39, 0.29) is 10.8 Å². The monoisotopic (exact) mass is 291 g/mol. The van der Waals surface area contributed by atoms with Crippen molar-refractivity contribution in [1.29, 1.82) is 0 Å². The van der Waals surface area contributed by atoms with Gasteiger partial charge in [0.1, 0.15) is 5.69 Å². The highest BCUT2D eigenvalue weighted by molar-refractivity contribution is 7.14. The Labute approximate surface area is 109 Å². The number of rotatable bonds is 4. The fraction of sp³-hybridized carbons (Fsp3) is 0.125. The number of carbonyl (C=O) groups excluding carboxylic acids is 2. The highest BCUT2D eigenvalue weighted by atomic mass is 35.5. The summed E-state index contributed by atoms with van der Waals surface area (Å²) in [5, 5.41) is 14.7. The number of nitrogens with zero attached hydrogens (tertiary/aromatic N) is 2. The summed E-state index contributed by atoms with van der Waals surface area (Å²) in [4.78, 5) is 39.9. The third-order valence-electron chi connectivity index (χ3n) is 1.42. The lowest BCUT2D eigenvalue weighted by atomic mass is 10.3. The highest BCUT2D eigenvalue weighted by Gasteiger charge is 2.18. The molecule has 0 aromatic carbocycles. The summed E-state index contributed by atoms with van der Waals surface area (Å²) in [6, 6.07) is 0. The number of oxime groups is 1. The number of hydrogen-bond acceptors (Lipinski definition) is 7. The number of halogens is 1. The molecule has 1 aromatic rings. The van der Waals surface area contributed by atoms with Gasteiger partial charge < -0.3 is 9.94 Å². The lowest BCUT2D eigenvalue weighted by Gasteiger charge is -1.96. The summed E-state index contributed by atoms with van der Waals surface area (Å²) in [5.74, 6) is -2.19. The van der Waals surface area contributed by atoms with E-state index in [0.717, 1.165) is 18.3 Å². The maximum absolute atomic E-state index is 10.9. The zero-order chi connectivity index (χ0) is 13.7. The van der Waals surface area contributed by atoms with Crippen molar-refractivity contribution >= 4 is 51.1 Å². The SMILES string of the molecule is CC(=O)O/N=C(/C(=O)O)c1csc(NC(=O)Cl)n1. The van der Waals surface area contributed by atoms with Gasteiger partial charge in [-0.15, -0.1) is 11.3 Å². The van der Waals surface area contributed by atoms with Crippen LogP contribution in [0.15, 0.2) is 10.5 Å². The Morgan fingerprint density at radius 1 is 1.56 bits per heavy atom. The van der Waals surface area contributed by atoms with Crippen molar-refractivity contribution < 1.29 is 24.3 Å². The van der Waals surface area contributed by atoms with Crippen LogP contribution in [0.25, 0.3) is 0 Å². The molecule has 18 heavy (non-hydrogen) atoms. The molecule has 0 aliphatic carbocycles. The summed E-state index contributed by atoms with van der Waals surface area (Å²) >= 11 is 6.01. The van der Waals surface area contributed by atoms with Gasteiger partial charge in [-0.2, -0.15) is 0 Å². The minimum absolute atomic E-state index is 0.0610. The van der Waals surface area contributed by atoms with E-state index in [1.807, 2.05) is 0 Å². The third kappa shape index (κ3) is 4.11. The lowest BCUT2D eigenvalue weighted by Crippen LogP contribution is -2.16. The van der Waals surface area contributed by atoms with Crippen LogP contribution in [0.3, 0.4) is 0 Å². The van der Waals surface area contributed by atoms with Crippen molar-refractivity contribution in [3.8, 4) is 0 Å². The number of hydrogen-bond donors (Lipinski definition) is 2. The zero-order valence-corrected chi connectivity index (χ0v) is 10.4. The first kappa shape index (κ1) is 14.1. The van der Waals surface area contributed by atoms with Crippen molar-refractivity contribution in [1.82, 2.24) is 4.98 Å². The van der Waals surface area contributed by atoms with Crippen molar-refractivity contribution in [2.24, 2.45) is 5.16 Å². The second-order valence-corrected chi connectivity index (χ2v) is 3.97. The molecule has 10 heteroatoms. The van der Waals surface area contributed by atoms with Gasteiger partial charge in [0.15, 0.2) is 5.13 Å². The molecule has 1 heterocycles. The minimum atomic E-state index is -1.43. The van der Waals surface area contributed by atoms with Gasteiger partial charge in [0.2, 0.25) is 5.71 Å². The van der Waals surface area contributed by atoms with Crippen molar-refractivity contribution in [3.63, 3.8) is 0 Å². The lowest BCUT2D eigenvalue weighted by molar-refractivity contribution is -0.141. The van der Waals surface area contributed by atoms with Crippen LogP contribution in [0.4, 0.5) is 9.93 Å². The van der Waals surface area contributed by atoms with Crippen LogP contribution in [0.2, 0.25) is 0 Å². The molecule has 0 radical (unpaired) electrons. The van der Waals surface area contributed by atoms with Crippen molar-refractivity contribution in [2.45, 2.75) is 6.92 Å². The third-order valence-corrected chi connectivity index (χ3v) is 2.27. The Hall–Kier alpha value is -2.00. The molecule has 2 N–H and O–H groups in total. The van der Waals surface area contributed by atoms with Gasteiger partial charge in [-0.3, -0.25) is 10.1 Å². The van der Waals surface area contributed by atoms with E-state index in [0.29, 0.717) is 0 Å². The minimum Gasteiger partial charge on any atom is -0.476 e. The number of nitrogens with one attached hydrogen (secondary N) is 1. The molecule has 0 spiro atoms. The molecule has 0 saturated heterocycles. The second-order valence-electron chi connectivity index (χ2n) is 2.76. The van der Waals surface area contributed by atoms with Crippen LogP contribution in [-0.2, 0) is 14.4 Å². The molecule has 0 atom stereocenters. The normalized spacial score (nSPS) is 10.9. The Morgan fingerprint density at radius 2 is 2.22 bits per heavy atom. The molecule has 1 amide bonds. The number of aliphatic carboxylic acids is 1. The van der Waals surface area contributed by atoms with Gasteiger partial charge in [-0.05, 0) is 11.6 Å². The Bertz CT molecular complexity index is 527. The average molecular weight is 292 g/mol. The van der Waals surface area contributed by atoms with Crippen LogP contribution in [-0.4, -0.2) is 33.1 Å². The van der Waals surface area contributed by atoms with E-state index in [4.69, 9.17) is 16.7 Å². The molecule has 1 aromatic heterocycles. The van der Waals surface area contributed by atoms with Gasteiger partial charge in [-0.1, -0.05) is 5.16 Å². The zero-order valence-electron chi connectivity index (χ0n) is 8.84. The summed E-state index contributed by atoms with van der Waals surface area (Å²) in [6.07, 6.45) is 0.